The van der Waals surface area contributed by atoms with Crippen LogP contribution < -0.4 is 0 Å². The van der Waals surface area contributed by atoms with Gasteiger partial charge in [0.1, 0.15) is 5.82 Å². The molecule has 0 radical (unpaired) electrons. The van der Waals surface area contributed by atoms with E-state index in [2.05, 4.69) is 18.4 Å². The molecule has 2 aromatic rings. The van der Waals surface area contributed by atoms with Crippen molar-refractivity contribution in [1.29, 1.82) is 0 Å². The quantitative estimate of drug-likeness (QED) is 0.778. The van der Waals surface area contributed by atoms with Crippen molar-refractivity contribution in [2.24, 2.45) is 0 Å². The Balaban J connectivity index is 1.90. The first-order valence-corrected chi connectivity index (χ1v) is 7.59. The minimum Gasteiger partial charge on any atom is -0.331 e. The number of carbonyl (C=O) groups is 1. The van der Waals surface area contributed by atoms with Gasteiger partial charge in [-0.05, 0) is 61.0 Å². The zero-order chi connectivity index (χ0) is 14.3. The summed E-state index contributed by atoms with van der Waals surface area (Å²) in [6, 6.07) is 6.75. The summed E-state index contributed by atoms with van der Waals surface area (Å²) in [6.07, 6.45) is 0.906. The molecule has 1 aliphatic rings. The zero-order valence-electron chi connectivity index (χ0n) is 11.5. The fraction of sp³-hybridized carbons (Fsp3) is 0.312. The van der Waals surface area contributed by atoms with Gasteiger partial charge in [-0.2, -0.15) is 0 Å². The van der Waals surface area contributed by atoms with E-state index in [1.807, 2.05) is 4.90 Å². The average molecular weight is 289 g/mol. The smallest absolute Gasteiger partial charge is 0.254 e. The van der Waals surface area contributed by atoms with Gasteiger partial charge in [-0.3, -0.25) is 4.79 Å². The van der Waals surface area contributed by atoms with Gasteiger partial charge >= 0.3 is 0 Å². The number of carbonyl (C=O) groups excluding carboxylic acids is 1. The van der Waals surface area contributed by atoms with Crippen LogP contribution in [0.15, 0.2) is 29.6 Å². The van der Waals surface area contributed by atoms with Gasteiger partial charge in [0.05, 0.1) is 6.04 Å². The molecule has 1 aromatic carbocycles. The van der Waals surface area contributed by atoms with Gasteiger partial charge in [0.25, 0.3) is 5.91 Å². The van der Waals surface area contributed by atoms with Crippen molar-refractivity contribution in [3.05, 3.63) is 57.0 Å². The third kappa shape index (κ3) is 2.14. The summed E-state index contributed by atoms with van der Waals surface area (Å²) in [7, 11) is 0. The molecule has 1 aromatic heterocycles. The van der Waals surface area contributed by atoms with E-state index in [1.54, 1.807) is 30.4 Å². The number of nitrogens with zero attached hydrogens (tertiary/aromatic N) is 1. The maximum Gasteiger partial charge on any atom is 0.254 e. The van der Waals surface area contributed by atoms with Gasteiger partial charge in [0.2, 0.25) is 0 Å². The Kier molecular flexibility index (Phi) is 3.34. The molecule has 0 fully saturated rings. The van der Waals surface area contributed by atoms with Crippen LogP contribution in [0.5, 0.6) is 0 Å². The van der Waals surface area contributed by atoms with Crippen LogP contribution in [0.25, 0.3) is 0 Å². The number of fused-ring (bicyclic) bond motifs is 1. The molecule has 0 saturated heterocycles. The van der Waals surface area contributed by atoms with Crippen LogP contribution in [0.3, 0.4) is 0 Å². The highest BCUT2D eigenvalue weighted by molar-refractivity contribution is 7.10. The Hall–Kier alpha value is -1.68. The molecule has 104 valence electrons. The largest absolute Gasteiger partial charge is 0.331 e. The Morgan fingerprint density at radius 3 is 2.95 bits per heavy atom. The molecule has 20 heavy (non-hydrogen) atoms. The summed E-state index contributed by atoms with van der Waals surface area (Å²) in [6.45, 7) is 4.46. The lowest BCUT2D eigenvalue weighted by atomic mass is 10.00. The fourth-order valence-electron chi connectivity index (χ4n) is 2.73. The predicted molar refractivity (Wildman–Crippen MR) is 78.6 cm³/mol. The fourth-order valence-corrected chi connectivity index (χ4v) is 3.69. The van der Waals surface area contributed by atoms with Crippen molar-refractivity contribution < 1.29 is 9.18 Å². The van der Waals surface area contributed by atoms with Gasteiger partial charge in [0, 0.05) is 17.0 Å². The maximum atomic E-state index is 13.3. The molecule has 1 amide bonds. The number of rotatable bonds is 1. The zero-order valence-corrected chi connectivity index (χ0v) is 12.3. The summed E-state index contributed by atoms with van der Waals surface area (Å²) in [5, 5.41) is 2.08. The Labute approximate surface area is 121 Å². The third-order valence-corrected chi connectivity index (χ3v) is 4.94. The van der Waals surface area contributed by atoms with E-state index in [-0.39, 0.29) is 17.8 Å². The molecule has 3 rings (SSSR count). The van der Waals surface area contributed by atoms with Gasteiger partial charge < -0.3 is 4.90 Å². The third-order valence-electron chi connectivity index (χ3n) is 3.94. The normalized spacial score (nSPS) is 17.9. The second kappa shape index (κ2) is 5.02. The molecule has 2 heterocycles. The predicted octanol–water partition coefficient (Wildman–Crippen LogP) is 3.96. The van der Waals surface area contributed by atoms with Gasteiger partial charge in [-0.25, -0.2) is 4.39 Å². The highest BCUT2D eigenvalue weighted by Gasteiger charge is 2.29. The van der Waals surface area contributed by atoms with E-state index in [1.165, 1.54) is 16.5 Å². The molecule has 2 nitrogen and oxygen atoms in total. The molecule has 1 unspecified atom stereocenters. The SMILES string of the molecule is Cc1cc(C(=O)N2CCc3sccc3C2C)ccc1F. The summed E-state index contributed by atoms with van der Waals surface area (Å²) in [4.78, 5) is 15.9. The van der Waals surface area contributed by atoms with E-state index in [0.717, 1.165) is 13.0 Å². The lowest BCUT2D eigenvalue weighted by Gasteiger charge is -2.33. The van der Waals surface area contributed by atoms with Crippen LogP contribution in [0.2, 0.25) is 0 Å². The van der Waals surface area contributed by atoms with Gasteiger partial charge in [-0.1, -0.05) is 0 Å². The van der Waals surface area contributed by atoms with Crippen LogP contribution in [-0.2, 0) is 6.42 Å². The minimum atomic E-state index is -0.270. The Morgan fingerprint density at radius 2 is 2.20 bits per heavy atom. The molecule has 1 atom stereocenters. The van der Waals surface area contributed by atoms with Crippen molar-refractivity contribution in [2.45, 2.75) is 26.3 Å². The van der Waals surface area contributed by atoms with Crippen molar-refractivity contribution >= 4 is 17.2 Å². The Morgan fingerprint density at radius 1 is 1.40 bits per heavy atom. The first-order chi connectivity index (χ1) is 9.58. The summed E-state index contributed by atoms with van der Waals surface area (Å²) in [5.41, 5.74) is 2.32. The van der Waals surface area contributed by atoms with Crippen LogP contribution in [0, 0.1) is 12.7 Å². The van der Waals surface area contributed by atoms with Crippen LogP contribution in [-0.4, -0.2) is 17.4 Å². The molecular weight excluding hydrogens is 273 g/mol. The van der Waals surface area contributed by atoms with Crippen molar-refractivity contribution in [3.8, 4) is 0 Å². The van der Waals surface area contributed by atoms with Crippen molar-refractivity contribution in [3.63, 3.8) is 0 Å². The van der Waals surface area contributed by atoms with E-state index in [4.69, 9.17) is 0 Å². The number of benzene rings is 1. The number of thiophene rings is 1. The van der Waals surface area contributed by atoms with E-state index in [0.29, 0.717) is 11.1 Å². The van der Waals surface area contributed by atoms with Gasteiger partial charge in [0.15, 0.2) is 0 Å². The van der Waals surface area contributed by atoms with Crippen molar-refractivity contribution in [1.82, 2.24) is 4.90 Å². The molecule has 0 saturated carbocycles. The second-order valence-corrected chi connectivity index (χ2v) is 6.19. The topological polar surface area (TPSA) is 20.3 Å². The van der Waals surface area contributed by atoms with E-state index in [9.17, 15) is 9.18 Å². The maximum absolute atomic E-state index is 13.3. The highest BCUT2D eigenvalue weighted by atomic mass is 32.1. The number of aryl methyl sites for hydroxylation is 1. The van der Waals surface area contributed by atoms with Gasteiger partial charge in [-0.15, -0.1) is 11.3 Å². The number of amides is 1. The average Bonchev–Trinajstić information content (AvgIpc) is 2.91. The van der Waals surface area contributed by atoms with Crippen LogP contribution >= 0.6 is 11.3 Å². The summed E-state index contributed by atoms with van der Waals surface area (Å²) < 4.78 is 13.3. The molecule has 0 aliphatic carbocycles. The molecule has 1 aliphatic heterocycles. The standard InChI is InChI=1S/C16H16FNOS/c1-10-9-12(3-4-14(10)17)16(19)18-7-5-15-13(11(18)2)6-8-20-15/h3-4,6,8-9,11H,5,7H2,1-2H3. The molecule has 0 bridgehead atoms. The van der Waals surface area contributed by atoms with E-state index < -0.39 is 0 Å². The molecular formula is C16H16FNOS. The minimum absolute atomic E-state index is 0.0162. The van der Waals surface area contributed by atoms with Crippen molar-refractivity contribution in [2.75, 3.05) is 6.54 Å². The first-order valence-electron chi connectivity index (χ1n) is 6.71. The number of hydrogen-bond donors (Lipinski definition) is 0. The molecule has 4 heteroatoms. The molecule has 0 spiro atoms. The molecule has 0 N–H and O–H groups in total. The number of hydrogen-bond acceptors (Lipinski definition) is 2. The Bertz CT molecular complexity index is 664. The monoisotopic (exact) mass is 289 g/mol. The highest BCUT2D eigenvalue weighted by Crippen LogP contribution is 2.33. The van der Waals surface area contributed by atoms with E-state index >= 15 is 0 Å². The van der Waals surface area contributed by atoms with Crippen LogP contribution in [0.4, 0.5) is 4.39 Å². The van der Waals surface area contributed by atoms with Crippen LogP contribution in [0.1, 0.15) is 39.3 Å². The summed E-state index contributed by atoms with van der Waals surface area (Å²) >= 11 is 1.76. The number of halogens is 1. The lowest BCUT2D eigenvalue weighted by molar-refractivity contribution is 0.0679. The lowest BCUT2D eigenvalue weighted by Crippen LogP contribution is -2.38. The second-order valence-electron chi connectivity index (χ2n) is 5.19. The first kappa shape index (κ1) is 13.3. The summed E-state index contributed by atoms with van der Waals surface area (Å²) in [5.74, 6) is -0.286.